The van der Waals surface area contributed by atoms with Crippen molar-refractivity contribution < 1.29 is 14.9 Å². The molecule has 3 heteroatoms. The zero-order valence-corrected chi connectivity index (χ0v) is 10.6. The van der Waals surface area contributed by atoms with Gasteiger partial charge in [-0.05, 0) is 19.8 Å². The summed E-state index contributed by atoms with van der Waals surface area (Å²) in [5.41, 5.74) is -0.778. The van der Waals surface area contributed by atoms with E-state index in [1.54, 1.807) is 6.92 Å². The zero-order valence-electron chi connectivity index (χ0n) is 10.6. The van der Waals surface area contributed by atoms with Crippen molar-refractivity contribution in [3.8, 4) is 0 Å². The van der Waals surface area contributed by atoms with E-state index in [0.717, 1.165) is 12.8 Å². The molecule has 1 rings (SSSR count). The van der Waals surface area contributed by atoms with E-state index in [-0.39, 0.29) is 5.92 Å². The fraction of sp³-hybridized carbons (Fsp3) is 0.846. The van der Waals surface area contributed by atoms with Crippen molar-refractivity contribution in [2.45, 2.75) is 57.8 Å². The van der Waals surface area contributed by atoms with E-state index in [9.17, 15) is 10.2 Å². The first kappa shape index (κ1) is 13.7. The maximum Gasteiger partial charge on any atom is 0.200 e. The lowest BCUT2D eigenvalue weighted by atomic mass is 9.89. The molecule has 1 aliphatic rings. The minimum atomic E-state index is -1.76. The molecular weight excluding hydrogens is 204 g/mol. The van der Waals surface area contributed by atoms with Gasteiger partial charge in [-0.3, -0.25) is 0 Å². The van der Waals surface area contributed by atoms with Gasteiger partial charge < -0.3 is 14.9 Å². The van der Waals surface area contributed by atoms with Crippen molar-refractivity contribution in [3.05, 3.63) is 12.2 Å². The minimum Gasteiger partial charge on any atom is -0.364 e. The van der Waals surface area contributed by atoms with Gasteiger partial charge in [0.05, 0.1) is 6.61 Å². The Hall–Kier alpha value is -0.380. The Bertz CT molecular complexity index is 242. The summed E-state index contributed by atoms with van der Waals surface area (Å²) < 4.78 is 5.09. The molecule has 0 aliphatic carbocycles. The molecule has 94 valence electrons. The summed E-state index contributed by atoms with van der Waals surface area (Å²) >= 11 is 0. The molecule has 0 aromatic heterocycles. The van der Waals surface area contributed by atoms with E-state index in [1.165, 1.54) is 12.8 Å². The number of rotatable bonds is 7. The molecule has 3 nitrogen and oxygen atoms in total. The van der Waals surface area contributed by atoms with Crippen LogP contribution in [0.25, 0.3) is 0 Å². The highest BCUT2D eigenvalue weighted by Gasteiger charge is 2.59. The van der Waals surface area contributed by atoms with Gasteiger partial charge in [0.2, 0.25) is 5.79 Å². The zero-order chi connectivity index (χ0) is 12.2. The lowest BCUT2D eigenvalue weighted by Gasteiger charge is -2.30. The molecule has 1 fully saturated rings. The summed E-state index contributed by atoms with van der Waals surface area (Å²) in [5, 5.41) is 19.9. The van der Waals surface area contributed by atoms with Crippen LogP contribution in [0.2, 0.25) is 0 Å². The van der Waals surface area contributed by atoms with E-state index in [2.05, 4.69) is 6.92 Å². The van der Waals surface area contributed by atoms with Gasteiger partial charge in [-0.25, -0.2) is 0 Å². The molecule has 0 amide bonds. The average Bonchev–Trinajstić information content (AvgIpc) is 2.97. The van der Waals surface area contributed by atoms with Gasteiger partial charge in [-0.2, -0.15) is 0 Å². The van der Waals surface area contributed by atoms with Crippen molar-refractivity contribution in [2.75, 3.05) is 6.61 Å². The second kappa shape index (κ2) is 5.30. The normalized spacial score (nSPS) is 27.3. The van der Waals surface area contributed by atoms with Crippen molar-refractivity contribution >= 4 is 0 Å². The topological polar surface area (TPSA) is 53.0 Å². The molecular formula is C13H24O3. The Kier molecular flexibility index (Phi) is 4.53. The molecule has 0 saturated carbocycles. The molecule has 1 aliphatic heterocycles. The smallest absolute Gasteiger partial charge is 0.200 e. The Morgan fingerprint density at radius 1 is 1.44 bits per heavy atom. The maximum absolute atomic E-state index is 9.96. The Morgan fingerprint density at radius 3 is 2.56 bits per heavy atom. The number of hydrogen-bond acceptors (Lipinski definition) is 3. The largest absolute Gasteiger partial charge is 0.364 e. The summed E-state index contributed by atoms with van der Waals surface area (Å²) in [6, 6.07) is 0. The number of allylic oxidation sites excluding steroid dienone is 1. The Morgan fingerprint density at radius 2 is 2.06 bits per heavy atom. The lowest BCUT2D eigenvalue weighted by molar-refractivity contribution is -0.225. The quantitative estimate of drug-likeness (QED) is 0.304. The van der Waals surface area contributed by atoms with E-state index < -0.39 is 11.4 Å². The molecule has 1 heterocycles. The third-order valence-electron chi connectivity index (χ3n) is 3.39. The average molecular weight is 228 g/mol. The van der Waals surface area contributed by atoms with Crippen molar-refractivity contribution in [1.82, 2.24) is 0 Å². The van der Waals surface area contributed by atoms with Crippen molar-refractivity contribution in [2.24, 2.45) is 5.92 Å². The summed E-state index contributed by atoms with van der Waals surface area (Å²) in [6.45, 7) is 6.13. The summed E-state index contributed by atoms with van der Waals surface area (Å²) in [7, 11) is 0. The van der Waals surface area contributed by atoms with Crippen LogP contribution in [0.4, 0.5) is 0 Å². The molecule has 1 saturated heterocycles. The van der Waals surface area contributed by atoms with Gasteiger partial charge in [-0.1, -0.05) is 38.8 Å². The fourth-order valence-corrected chi connectivity index (χ4v) is 1.75. The number of ether oxygens (including phenoxy) is 1. The van der Waals surface area contributed by atoms with Gasteiger partial charge in [-0.15, -0.1) is 0 Å². The predicted molar refractivity (Wildman–Crippen MR) is 64.0 cm³/mol. The molecule has 2 atom stereocenters. The summed E-state index contributed by atoms with van der Waals surface area (Å²) in [6.07, 6.45) is 8.52. The third kappa shape index (κ3) is 3.06. The van der Waals surface area contributed by atoms with Gasteiger partial charge in [0.25, 0.3) is 0 Å². The third-order valence-corrected chi connectivity index (χ3v) is 3.39. The van der Waals surface area contributed by atoms with Crippen LogP contribution >= 0.6 is 0 Å². The van der Waals surface area contributed by atoms with Crippen LogP contribution < -0.4 is 0 Å². The predicted octanol–water partition coefficient (Wildman–Crippen LogP) is 2.23. The molecule has 2 N–H and O–H groups in total. The molecule has 0 spiro atoms. The van der Waals surface area contributed by atoms with Gasteiger partial charge in [0.15, 0.2) is 0 Å². The summed E-state index contributed by atoms with van der Waals surface area (Å²) in [5.74, 6) is -2.06. The van der Waals surface area contributed by atoms with Crippen LogP contribution in [0.15, 0.2) is 12.2 Å². The van der Waals surface area contributed by atoms with Gasteiger partial charge in [0.1, 0.15) is 5.60 Å². The first-order valence-electron chi connectivity index (χ1n) is 6.19. The van der Waals surface area contributed by atoms with Crippen molar-refractivity contribution in [3.63, 3.8) is 0 Å². The minimum absolute atomic E-state index is 0.304. The van der Waals surface area contributed by atoms with E-state index >= 15 is 0 Å². The molecule has 2 unspecified atom stereocenters. The lowest BCUT2D eigenvalue weighted by Crippen LogP contribution is -2.48. The Balaban J connectivity index is 2.36. The SMILES string of the molecule is CCCCC/C=C/C(C)C(O)(O)C1(C)CO1. The maximum atomic E-state index is 9.96. The van der Waals surface area contributed by atoms with Crippen LogP contribution in [-0.2, 0) is 4.74 Å². The van der Waals surface area contributed by atoms with Crippen LogP contribution in [0, 0.1) is 5.92 Å². The Labute approximate surface area is 98.1 Å². The number of unbranched alkanes of at least 4 members (excludes halogenated alkanes) is 3. The number of hydrogen-bond donors (Lipinski definition) is 2. The van der Waals surface area contributed by atoms with Crippen LogP contribution in [-0.4, -0.2) is 28.2 Å². The highest BCUT2D eigenvalue weighted by atomic mass is 16.6. The number of aliphatic hydroxyl groups is 2. The standard InChI is InChI=1S/C13H24O3/c1-4-5-6-7-8-9-11(2)13(14,15)12(3)10-16-12/h8-9,11,14-15H,4-7,10H2,1-3H3/b9-8+. The molecule has 0 bridgehead atoms. The number of epoxide rings is 1. The molecule has 0 aromatic carbocycles. The van der Waals surface area contributed by atoms with E-state index in [4.69, 9.17) is 4.74 Å². The second-order valence-electron chi connectivity index (χ2n) is 4.96. The first-order valence-corrected chi connectivity index (χ1v) is 6.19. The van der Waals surface area contributed by atoms with Crippen LogP contribution in [0.5, 0.6) is 0 Å². The highest BCUT2D eigenvalue weighted by molar-refractivity contribution is 5.06. The van der Waals surface area contributed by atoms with E-state index in [1.807, 2.05) is 19.1 Å². The molecule has 0 radical (unpaired) electrons. The van der Waals surface area contributed by atoms with Crippen LogP contribution in [0.1, 0.15) is 46.5 Å². The van der Waals surface area contributed by atoms with E-state index in [0.29, 0.717) is 6.61 Å². The molecule has 0 aromatic rings. The van der Waals surface area contributed by atoms with Crippen LogP contribution in [0.3, 0.4) is 0 Å². The van der Waals surface area contributed by atoms with Gasteiger partial charge in [0, 0.05) is 5.92 Å². The fourth-order valence-electron chi connectivity index (χ4n) is 1.75. The van der Waals surface area contributed by atoms with Crippen molar-refractivity contribution in [1.29, 1.82) is 0 Å². The highest BCUT2D eigenvalue weighted by Crippen LogP contribution is 2.41. The summed E-state index contributed by atoms with van der Waals surface area (Å²) in [4.78, 5) is 0. The first-order chi connectivity index (χ1) is 7.44. The van der Waals surface area contributed by atoms with Gasteiger partial charge >= 0.3 is 0 Å². The molecule has 16 heavy (non-hydrogen) atoms. The second-order valence-corrected chi connectivity index (χ2v) is 4.96. The monoisotopic (exact) mass is 228 g/mol.